The number of hydrogen-bond acceptors (Lipinski definition) is 7. The first-order valence-electron chi connectivity index (χ1n) is 16.5. The van der Waals surface area contributed by atoms with E-state index in [0.717, 1.165) is 55.2 Å². The fraction of sp³-hybridized carbons (Fsp3) is 0.444. The van der Waals surface area contributed by atoms with Gasteiger partial charge in [-0.3, -0.25) is 9.69 Å². The van der Waals surface area contributed by atoms with Crippen LogP contribution in [0.1, 0.15) is 52.8 Å². The summed E-state index contributed by atoms with van der Waals surface area (Å²) in [5.74, 6) is 1.04. The number of pyridine rings is 1. The number of aliphatic hydroxyl groups is 1. The molecule has 2 fully saturated rings. The number of H-pyrrole nitrogens is 1. The van der Waals surface area contributed by atoms with Crippen molar-refractivity contribution in [2.24, 2.45) is 0 Å². The number of benzene rings is 2. The highest BCUT2D eigenvalue weighted by Crippen LogP contribution is 2.38. The number of rotatable bonds is 8. The van der Waals surface area contributed by atoms with Crippen LogP contribution in [0, 0.1) is 0 Å². The third-order valence-corrected chi connectivity index (χ3v) is 9.93. The van der Waals surface area contributed by atoms with Crippen LogP contribution in [0.5, 0.6) is 11.5 Å². The zero-order valence-corrected chi connectivity index (χ0v) is 27.1. The fourth-order valence-corrected chi connectivity index (χ4v) is 6.94. The van der Waals surface area contributed by atoms with E-state index in [4.69, 9.17) is 9.47 Å². The lowest BCUT2D eigenvalue weighted by molar-refractivity contribution is -0.186. The summed E-state index contributed by atoms with van der Waals surface area (Å²) in [6.07, 6.45) is -2.18. The highest BCUT2D eigenvalue weighted by Gasteiger charge is 2.40. The van der Waals surface area contributed by atoms with Gasteiger partial charge in [-0.1, -0.05) is 25.1 Å². The van der Waals surface area contributed by atoms with E-state index in [0.29, 0.717) is 41.5 Å². The molecule has 0 bridgehead atoms. The Kier molecular flexibility index (Phi) is 8.69. The Labute approximate surface area is 277 Å². The van der Waals surface area contributed by atoms with Crippen LogP contribution in [0.4, 0.5) is 13.2 Å². The minimum absolute atomic E-state index is 0.0914. The summed E-state index contributed by atoms with van der Waals surface area (Å²) in [4.78, 5) is 27.1. The van der Waals surface area contributed by atoms with E-state index < -0.39 is 17.3 Å². The van der Waals surface area contributed by atoms with Crippen LogP contribution in [-0.2, 0) is 40.8 Å². The Balaban J connectivity index is 1.08. The highest BCUT2D eigenvalue weighted by atomic mass is 19.4. The SMILES string of the molecule is CC[C@@H]1CN(C(=O)Cc2ccc(CN3CCN(C)CC3)c(C(F)(F)F)c2)Cc2cc(Oc3ccnc4[nH]c(C5(O)COC5)cc34)ccc21. The number of nitrogens with zero attached hydrogens (tertiary/aromatic N) is 4. The molecule has 0 aliphatic carbocycles. The molecule has 1 atom stereocenters. The number of halogens is 3. The normalized spacial score (nSPS) is 20.0. The van der Waals surface area contributed by atoms with E-state index in [1.165, 1.54) is 6.07 Å². The summed E-state index contributed by atoms with van der Waals surface area (Å²) in [5, 5.41) is 11.4. The van der Waals surface area contributed by atoms with E-state index in [-0.39, 0.29) is 43.6 Å². The van der Waals surface area contributed by atoms with Gasteiger partial charge in [0.05, 0.1) is 36.3 Å². The van der Waals surface area contributed by atoms with Gasteiger partial charge in [0.15, 0.2) is 5.60 Å². The predicted octanol–water partition coefficient (Wildman–Crippen LogP) is 5.42. The molecule has 4 aromatic rings. The van der Waals surface area contributed by atoms with Gasteiger partial charge in [-0.05, 0) is 66.1 Å². The van der Waals surface area contributed by atoms with Crippen molar-refractivity contribution < 1.29 is 32.5 Å². The Morgan fingerprint density at radius 2 is 1.90 bits per heavy atom. The molecular weight excluding hydrogens is 623 g/mol. The van der Waals surface area contributed by atoms with Gasteiger partial charge >= 0.3 is 6.18 Å². The average Bonchev–Trinajstić information content (AvgIpc) is 3.50. The molecule has 3 aliphatic heterocycles. The molecule has 48 heavy (non-hydrogen) atoms. The van der Waals surface area contributed by atoms with Crippen molar-refractivity contribution in [1.82, 2.24) is 24.7 Å². The molecule has 5 heterocycles. The second kappa shape index (κ2) is 12.8. The van der Waals surface area contributed by atoms with E-state index in [1.54, 1.807) is 23.2 Å². The van der Waals surface area contributed by atoms with Crippen molar-refractivity contribution in [1.29, 1.82) is 0 Å². The lowest BCUT2D eigenvalue weighted by Gasteiger charge is -2.35. The molecule has 12 heteroatoms. The lowest BCUT2D eigenvalue weighted by Crippen LogP contribution is -2.46. The second-order valence-electron chi connectivity index (χ2n) is 13.4. The molecule has 1 amide bonds. The van der Waals surface area contributed by atoms with Gasteiger partial charge in [0.2, 0.25) is 5.91 Å². The summed E-state index contributed by atoms with van der Waals surface area (Å²) >= 11 is 0. The van der Waals surface area contributed by atoms with E-state index >= 15 is 0 Å². The number of hydrogen-bond donors (Lipinski definition) is 2. The number of amides is 1. The molecule has 2 N–H and O–H groups in total. The summed E-state index contributed by atoms with van der Waals surface area (Å²) in [5.41, 5.74) is 2.14. The fourth-order valence-electron chi connectivity index (χ4n) is 6.94. The van der Waals surface area contributed by atoms with Crippen LogP contribution in [0.15, 0.2) is 54.7 Å². The minimum atomic E-state index is -4.51. The number of carbonyl (C=O) groups excluding carboxylic acids is 1. The zero-order chi connectivity index (χ0) is 33.6. The van der Waals surface area contributed by atoms with Gasteiger partial charge < -0.3 is 29.4 Å². The minimum Gasteiger partial charge on any atom is -0.457 e. The van der Waals surface area contributed by atoms with E-state index in [1.807, 2.05) is 36.2 Å². The maximum atomic E-state index is 14.2. The van der Waals surface area contributed by atoms with Crippen LogP contribution in [0.2, 0.25) is 0 Å². The van der Waals surface area contributed by atoms with Crippen molar-refractivity contribution in [3.8, 4) is 11.5 Å². The molecule has 3 aliphatic rings. The van der Waals surface area contributed by atoms with Crippen molar-refractivity contribution in [3.05, 3.63) is 88.2 Å². The first-order valence-corrected chi connectivity index (χ1v) is 16.5. The molecule has 2 saturated heterocycles. The zero-order valence-electron chi connectivity index (χ0n) is 27.1. The number of aromatic amines is 1. The molecule has 7 rings (SSSR count). The Bertz CT molecular complexity index is 1810. The molecule has 254 valence electrons. The van der Waals surface area contributed by atoms with Gasteiger partial charge in [-0.15, -0.1) is 0 Å². The first kappa shape index (κ1) is 32.6. The number of alkyl halides is 3. The van der Waals surface area contributed by atoms with Crippen LogP contribution >= 0.6 is 0 Å². The van der Waals surface area contributed by atoms with Crippen molar-refractivity contribution in [2.75, 3.05) is 53.0 Å². The first-order chi connectivity index (χ1) is 23.0. The molecule has 2 aromatic carbocycles. The quantitative estimate of drug-likeness (QED) is 0.260. The number of aromatic nitrogens is 2. The van der Waals surface area contributed by atoms with E-state index in [9.17, 15) is 23.1 Å². The molecule has 0 spiro atoms. The van der Waals surface area contributed by atoms with Crippen molar-refractivity contribution in [3.63, 3.8) is 0 Å². The Morgan fingerprint density at radius 1 is 1.10 bits per heavy atom. The van der Waals surface area contributed by atoms with Crippen LogP contribution in [0.3, 0.4) is 0 Å². The van der Waals surface area contributed by atoms with Crippen molar-refractivity contribution in [2.45, 2.75) is 50.6 Å². The molecule has 9 nitrogen and oxygen atoms in total. The standard InChI is InChI=1S/C36H40F3N5O4/c1-3-24-19-44(33(45)15-23-4-5-25(30(14-23)36(37,38)39)18-43-12-10-42(2)11-13-43)20-26-16-27(6-7-28(24)26)48-31-8-9-40-34-29(31)17-32(41-34)35(46)21-47-22-35/h4-9,14,16-17,24,46H,3,10-13,15,18-22H2,1-2H3,(H,40,41)/t24-/m1/s1. The smallest absolute Gasteiger partial charge is 0.416 e. The van der Waals surface area contributed by atoms with Crippen molar-refractivity contribution >= 4 is 16.9 Å². The van der Waals surface area contributed by atoms with Crippen LogP contribution < -0.4 is 4.74 Å². The van der Waals surface area contributed by atoms with Gasteiger partial charge in [0.25, 0.3) is 0 Å². The largest absolute Gasteiger partial charge is 0.457 e. The molecule has 0 saturated carbocycles. The lowest BCUT2D eigenvalue weighted by atomic mass is 9.87. The Morgan fingerprint density at radius 3 is 2.60 bits per heavy atom. The number of carbonyl (C=O) groups is 1. The third-order valence-electron chi connectivity index (χ3n) is 9.93. The number of piperazine rings is 1. The molecule has 2 aromatic heterocycles. The average molecular weight is 664 g/mol. The van der Waals surface area contributed by atoms with Gasteiger partial charge in [0, 0.05) is 57.9 Å². The monoisotopic (exact) mass is 663 g/mol. The number of nitrogens with one attached hydrogen (secondary N) is 1. The highest BCUT2D eigenvalue weighted by molar-refractivity contribution is 5.84. The van der Waals surface area contributed by atoms with Gasteiger partial charge in [0.1, 0.15) is 17.1 Å². The number of likely N-dealkylation sites (N-methyl/N-ethyl adjacent to an activating group) is 1. The van der Waals surface area contributed by atoms with Gasteiger partial charge in [-0.2, -0.15) is 13.2 Å². The third kappa shape index (κ3) is 6.54. The molecule has 0 radical (unpaired) electrons. The summed E-state index contributed by atoms with van der Waals surface area (Å²) in [6, 6.07) is 13.8. The molecular formula is C36H40F3N5O4. The predicted molar refractivity (Wildman–Crippen MR) is 174 cm³/mol. The maximum absolute atomic E-state index is 14.2. The number of ether oxygens (including phenoxy) is 2. The van der Waals surface area contributed by atoms with Crippen LogP contribution in [-0.4, -0.2) is 88.7 Å². The number of fused-ring (bicyclic) bond motifs is 2. The summed E-state index contributed by atoms with van der Waals surface area (Å²) in [6.45, 7) is 6.63. The summed E-state index contributed by atoms with van der Waals surface area (Å²) < 4.78 is 54.1. The van der Waals surface area contributed by atoms with Gasteiger partial charge in [-0.25, -0.2) is 4.98 Å². The maximum Gasteiger partial charge on any atom is 0.416 e. The van der Waals surface area contributed by atoms with E-state index in [2.05, 4.69) is 21.8 Å². The topological polar surface area (TPSA) is 94.2 Å². The molecule has 0 unspecified atom stereocenters. The summed E-state index contributed by atoms with van der Waals surface area (Å²) in [7, 11) is 2.01. The second-order valence-corrected chi connectivity index (χ2v) is 13.4. The Hall–Kier alpha value is -3.97. The van der Waals surface area contributed by atoms with Crippen LogP contribution in [0.25, 0.3) is 11.0 Å².